The molecule has 11 heteroatoms. The van der Waals surface area contributed by atoms with E-state index in [0.717, 1.165) is 29.8 Å². The summed E-state index contributed by atoms with van der Waals surface area (Å²) in [5, 5.41) is 12.6. The van der Waals surface area contributed by atoms with E-state index < -0.39 is 35.0 Å². The monoisotopic (exact) mass is 602 g/mol. The summed E-state index contributed by atoms with van der Waals surface area (Å²) in [6.07, 6.45) is -8.69. The number of carbonyl (C=O) groups is 1. The molecule has 1 aromatic heterocycles. The number of carboxylic acids is 1. The predicted molar refractivity (Wildman–Crippen MR) is 150 cm³/mol. The Hall–Kier alpha value is -4.54. The number of alkyl halides is 6. The Bertz CT molecular complexity index is 1600. The van der Waals surface area contributed by atoms with Crippen LogP contribution in [0.15, 0.2) is 78.9 Å². The van der Waals surface area contributed by atoms with E-state index in [1.807, 2.05) is 6.07 Å². The number of carboxylic acid groups (broad SMARTS) is 1. The van der Waals surface area contributed by atoms with Crippen molar-refractivity contribution in [2.24, 2.45) is 0 Å². The molecule has 0 aliphatic heterocycles. The molecule has 0 aliphatic rings. The van der Waals surface area contributed by atoms with Gasteiger partial charge in [0.15, 0.2) is 5.60 Å². The molecule has 226 valence electrons. The van der Waals surface area contributed by atoms with Crippen LogP contribution in [0.25, 0.3) is 11.3 Å². The number of nitrogens with one attached hydrogen (secondary N) is 1. The highest BCUT2D eigenvalue weighted by Gasteiger charge is 2.31. The molecule has 0 saturated heterocycles. The average molecular weight is 603 g/mol. The molecule has 4 rings (SSSR count). The zero-order valence-corrected chi connectivity index (χ0v) is 23.4. The van der Waals surface area contributed by atoms with Crippen LogP contribution in [0.1, 0.15) is 47.2 Å². The molecule has 0 bridgehead atoms. The second kappa shape index (κ2) is 12.0. The number of aliphatic carboxylic acids is 1. The highest BCUT2D eigenvalue weighted by molar-refractivity contribution is 5.76. The molecule has 2 N–H and O–H groups in total. The van der Waals surface area contributed by atoms with Gasteiger partial charge >= 0.3 is 18.3 Å². The van der Waals surface area contributed by atoms with E-state index in [4.69, 9.17) is 4.74 Å². The summed E-state index contributed by atoms with van der Waals surface area (Å²) in [5.41, 5.74) is 0.654. The van der Waals surface area contributed by atoms with Crippen molar-refractivity contribution < 1.29 is 41.0 Å². The molecule has 4 aromatic rings. The van der Waals surface area contributed by atoms with Crippen LogP contribution in [0.4, 0.5) is 32.2 Å². The Kier molecular flexibility index (Phi) is 8.75. The lowest BCUT2D eigenvalue weighted by Gasteiger charge is -2.23. The van der Waals surface area contributed by atoms with Gasteiger partial charge in [-0.1, -0.05) is 42.5 Å². The Balaban J connectivity index is 1.62. The third-order valence-corrected chi connectivity index (χ3v) is 6.74. The first-order chi connectivity index (χ1) is 20.0. The van der Waals surface area contributed by atoms with Crippen LogP contribution in [-0.2, 0) is 30.1 Å². The van der Waals surface area contributed by atoms with Crippen LogP contribution in [0.3, 0.4) is 0 Å². The number of aromatic nitrogens is 1. The number of ether oxygens (including phenoxy) is 1. The second-order valence-corrected chi connectivity index (χ2v) is 10.5. The minimum absolute atomic E-state index is 0.247. The molecule has 3 aromatic carbocycles. The summed E-state index contributed by atoms with van der Waals surface area (Å²) in [6.45, 7) is 4.93. The summed E-state index contributed by atoms with van der Waals surface area (Å²) in [6, 6.07) is 18.0. The minimum Gasteiger partial charge on any atom is -0.478 e. The first-order valence-electron chi connectivity index (χ1n) is 13.1. The number of nitrogens with zero attached hydrogens (tertiary/aromatic N) is 1. The molecule has 0 unspecified atom stereocenters. The topological polar surface area (TPSA) is 71.5 Å². The number of halogens is 6. The molecular weight excluding hydrogens is 574 g/mol. The maximum atomic E-state index is 13.0. The number of anilines is 1. The second-order valence-electron chi connectivity index (χ2n) is 10.5. The summed E-state index contributed by atoms with van der Waals surface area (Å²) < 4.78 is 83.8. The number of rotatable bonds is 9. The Labute approximate surface area is 244 Å². The molecule has 0 spiro atoms. The van der Waals surface area contributed by atoms with Gasteiger partial charge in [0.2, 0.25) is 0 Å². The minimum atomic E-state index is -4.48. The van der Waals surface area contributed by atoms with Crippen LogP contribution in [0, 0.1) is 6.92 Å². The molecule has 5 nitrogen and oxygen atoms in total. The van der Waals surface area contributed by atoms with Crippen LogP contribution < -0.4 is 10.1 Å². The lowest BCUT2D eigenvalue weighted by atomic mass is 10.0. The fourth-order valence-corrected chi connectivity index (χ4v) is 4.25. The molecular formula is C32H28F6N2O3. The molecule has 0 atom stereocenters. The first kappa shape index (κ1) is 31.4. The average Bonchev–Trinajstić information content (AvgIpc) is 2.93. The fourth-order valence-electron chi connectivity index (χ4n) is 4.25. The quantitative estimate of drug-likeness (QED) is 0.188. The van der Waals surface area contributed by atoms with Crippen molar-refractivity contribution in [2.75, 3.05) is 5.32 Å². The van der Waals surface area contributed by atoms with Crippen molar-refractivity contribution in [2.45, 2.75) is 51.7 Å². The molecule has 1 heterocycles. The standard InChI is InChI=1S/C32H28F6N2O3/c1-19-16-21(6-15-27(19)43-30(2,3)29(41)42)18-39-28-23(17-20-4-10-24(11-5-20)31(33,34)35)9-14-26(40-28)22-7-12-25(13-8-22)32(36,37)38/h4-16H,17-18H2,1-3H3,(H,39,40)(H,41,42). The maximum Gasteiger partial charge on any atom is 0.416 e. The Morgan fingerprint density at radius 2 is 1.37 bits per heavy atom. The van der Waals surface area contributed by atoms with Gasteiger partial charge in [0.05, 0.1) is 16.8 Å². The van der Waals surface area contributed by atoms with E-state index >= 15 is 0 Å². The zero-order valence-electron chi connectivity index (χ0n) is 23.4. The van der Waals surface area contributed by atoms with Crippen molar-refractivity contribution in [3.63, 3.8) is 0 Å². The molecule has 0 fully saturated rings. The van der Waals surface area contributed by atoms with Crippen LogP contribution in [0.5, 0.6) is 5.75 Å². The predicted octanol–water partition coefficient (Wildman–Crippen LogP) is 8.54. The summed E-state index contributed by atoms with van der Waals surface area (Å²) in [5.74, 6) is -0.305. The van der Waals surface area contributed by atoms with Gasteiger partial charge in [0, 0.05) is 18.5 Å². The SMILES string of the molecule is Cc1cc(CNc2nc(-c3ccc(C(F)(F)F)cc3)ccc2Cc2ccc(C(F)(F)F)cc2)ccc1OC(C)(C)C(=O)O. The lowest BCUT2D eigenvalue weighted by molar-refractivity contribution is -0.152. The smallest absolute Gasteiger partial charge is 0.416 e. The number of aryl methyl sites for hydroxylation is 1. The molecule has 0 radical (unpaired) electrons. The van der Waals surface area contributed by atoms with Crippen molar-refractivity contribution in [1.82, 2.24) is 4.98 Å². The van der Waals surface area contributed by atoms with Gasteiger partial charge in [-0.2, -0.15) is 26.3 Å². The van der Waals surface area contributed by atoms with Gasteiger partial charge in [-0.15, -0.1) is 0 Å². The number of hydrogen-bond acceptors (Lipinski definition) is 4. The van der Waals surface area contributed by atoms with Crippen LogP contribution in [-0.4, -0.2) is 21.7 Å². The largest absolute Gasteiger partial charge is 0.478 e. The van der Waals surface area contributed by atoms with Gasteiger partial charge in [-0.3, -0.25) is 0 Å². The van der Waals surface area contributed by atoms with Gasteiger partial charge in [-0.25, -0.2) is 9.78 Å². The molecule has 0 saturated carbocycles. The number of pyridine rings is 1. The van der Waals surface area contributed by atoms with Crippen LogP contribution in [0.2, 0.25) is 0 Å². The normalized spacial score (nSPS) is 12.2. The van der Waals surface area contributed by atoms with E-state index in [1.54, 1.807) is 31.2 Å². The third-order valence-electron chi connectivity index (χ3n) is 6.74. The van der Waals surface area contributed by atoms with Gasteiger partial charge in [0.25, 0.3) is 0 Å². The van der Waals surface area contributed by atoms with Gasteiger partial charge in [0.1, 0.15) is 11.6 Å². The van der Waals surface area contributed by atoms with Crippen molar-refractivity contribution in [3.05, 3.63) is 112 Å². The summed E-state index contributed by atoms with van der Waals surface area (Å²) >= 11 is 0. The summed E-state index contributed by atoms with van der Waals surface area (Å²) in [7, 11) is 0. The van der Waals surface area contributed by atoms with E-state index in [0.29, 0.717) is 39.5 Å². The van der Waals surface area contributed by atoms with E-state index in [2.05, 4.69) is 10.3 Å². The number of hydrogen-bond donors (Lipinski definition) is 2. The first-order valence-corrected chi connectivity index (χ1v) is 13.1. The van der Waals surface area contributed by atoms with Crippen molar-refractivity contribution in [1.29, 1.82) is 0 Å². The Morgan fingerprint density at radius 1 is 0.814 bits per heavy atom. The maximum absolute atomic E-state index is 13.0. The van der Waals surface area contributed by atoms with Gasteiger partial charge < -0.3 is 15.2 Å². The van der Waals surface area contributed by atoms with Crippen LogP contribution >= 0.6 is 0 Å². The molecule has 0 aliphatic carbocycles. The molecule has 43 heavy (non-hydrogen) atoms. The lowest BCUT2D eigenvalue weighted by Crippen LogP contribution is -2.38. The highest BCUT2D eigenvalue weighted by atomic mass is 19.4. The Morgan fingerprint density at radius 3 is 1.91 bits per heavy atom. The fraction of sp³-hybridized carbons (Fsp3) is 0.250. The van der Waals surface area contributed by atoms with E-state index in [9.17, 15) is 36.2 Å². The van der Waals surface area contributed by atoms with E-state index in [-0.39, 0.29) is 13.0 Å². The zero-order chi connectivity index (χ0) is 31.6. The summed E-state index contributed by atoms with van der Waals surface area (Å²) in [4.78, 5) is 16.1. The van der Waals surface area contributed by atoms with Gasteiger partial charge in [-0.05, 0) is 79.4 Å². The molecule has 0 amide bonds. The highest BCUT2D eigenvalue weighted by Crippen LogP contribution is 2.33. The van der Waals surface area contributed by atoms with Crippen molar-refractivity contribution >= 4 is 11.8 Å². The van der Waals surface area contributed by atoms with E-state index in [1.165, 1.54) is 38.1 Å². The third kappa shape index (κ3) is 7.85. The number of benzene rings is 3. The van der Waals surface area contributed by atoms with Crippen molar-refractivity contribution in [3.8, 4) is 17.0 Å².